The van der Waals surface area contributed by atoms with Crippen LogP contribution < -0.4 is 5.32 Å². The number of carbonyl (C=O) groups is 1. The summed E-state index contributed by atoms with van der Waals surface area (Å²) in [6.07, 6.45) is 0. The van der Waals surface area contributed by atoms with E-state index in [0.29, 0.717) is 4.96 Å². The van der Waals surface area contributed by atoms with E-state index in [1.54, 1.807) is 16.6 Å². The average Bonchev–Trinajstić information content (AvgIpc) is 3.16. The molecule has 0 saturated heterocycles. The molecule has 4 rings (SSSR count). The number of hydrogen-bond acceptors (Lipinski definition) is 4. The molecule has 0 radical (unpaired) electrons. The summed E-state index contributed by atoms with van der Waals surface area (Å²) in [5.41, 5.74) is 1.69. The highest BCUT2D eigenvalue weighted by Crippen LogP contribution is 2.26. The Balaban J connectivity index is 1.64. The lowest BCUT2D eigenvalue weighted by molar-refractivity contribution is 0.102. The molecule has 0 spiro atoms. The van der Waals surface area contributed by atoms with Crippen molar-refractivity contribution in [2.24, 2.45) is 0 Å². The Kier molecular flexibility index (Phi) is 3.73. The first-order valence-corrected chi connectivity index (χ1v) is 8.15. The third-order valence-corrected chi connectivity index (χ3v) is 4.35. The molecule has 0 atom stereocenters. The molecule has 0 bridgehead atoms. The number of thiazole rings is 1. The fraction of sp³-hybridized carbons (Fsp3) is 0. The third kappa shape index (κ3) is 2.99. The zero-order valence-electron chi connectivity index (χ0n) is 12.6. The van der Waals surface area contributed by atoms with Crippen molar-refractivity contribution < 1.29 is 13.6 Å². The van der Waals surface area contributed by atoms with Gasteiger partial charge in [0.2, 0.25) is 4.96 Å². The number of hydrogen-bond donors (Lipinski definition) is 1. The van der Waals surface area contributed by atoms with Gasteiger partial charge in [-0.05, 0) is 42.5 Å². The van der Waals surface area contributed by atoms with Gasteiger partial charge in [0.05, 0.1) is 5.69 Å². The number of rotatable bonds is 3. The second-order valence-corrected chi connectivity index (χ2v) is 6.06. The van der Waals surface area contributed by atoms with Gasteiger partial charge >= 0.3 is 0 Å². The maximum absolute atomic E-state index is 13.2. The Bertz CT molecular complexity index is 1070. The minimum Gasteiger partial charge on any atom is -0.289 e. The number of fused-ring (bicyclic) bond motifs is 1. The molecule has 0 aliphatic heterocycles. The Morgan fingerprint density at radius 2 is 1.88 bits per heavy atom. The van der Waals surface area contributed by atoms with Crippen LogP contribution in [0.4, 0.5) is 14.7 Å². The molecule has 8 heteroatoms. The molecule has 2 heterocycles. The molecular weight excluding hydrogens is 346 g/mol. The van der Waals surface area contributed by atoms with Gasteiger partial charge in [0.15, 0.2) is 0 Å². The molecule has 124 valence electrons. The third-order valence-electron chi connectivity index (χ3n) is 3.53. The number of aromatic nitrogens is 3. The summed E-state index contributed by atoms with van der Waals surface area (Å²) in [6, 6.07) is 11.4. The molecule has 25 heavy (non-hydrogen) atoms. The molecule has 0 saturated carbocycles. The quantitative estimate of drug-likeness (QED) is 0.604. The molecule has 4 aromatic rings. The summed E-state index contributed by atoms with van der Waals surface area (Å²) >= 11 is 1.34. The molecule has 1 N–H and O–H groups in total. The van der Waals surface area contributed by atoms with Gasteiger partial charge in [0, 0.05) is 16.5 Å². The Hall–Kier alpha value is -3.13. The lowest BCUT2D eigenvalue weighted by atomic mass is 10.2. The van der Waals surface area contributed by atoms with Crippen molar-refractivity contribution in [3.05, 3.63) is 71.1 Å². The summed E-state index contributed by atoms with van der Waals surface area (Å²) < 4.78 is 27.9. The van der Waals surface area contributed by atoms with E-state index >= 15 is 0 Å². The minimum absolute atomic E-state index is 0.115. The van der Waals surface area contributed by atoms with E-state index in [4.69, 9.17) is 0 Å². The minimum atomic E-state index is -0.499. The lowest BCUT2D eigenvalue weighted by Crippen LogP contribution is -2.13. The molecule has 0 unspecified atom stereocenters. The highest BCUT2D eigenvalue weighted by atomic mass is 32.1. The van der Waals surface area contributed by atoms with Crippen LogP contribution in [0.2, 0.25) is 0 Å². The maximum Gasteiger partial charge on any atom is 0.258 e. The van der Waals surface area contributed by atoms with Crippen molar-refractivity contribution in [2.75, 3.05) is 5.32 Å². The number of carbonyl (C=O) groups excluding carboxylic acids is 1. The van der Waals surface area contributed by atoms with Crippen LogP contribution in [0.1, 0.15) is 10.4 Å². The summed E-state index contributed by atoms with van der Waals surface area (Å²) in [5, 5.41) is 8.65. The number of anilines is 1. The topological polar surface area (TPSA) is 59.3 Å². The number of nitrogens with one attached hydrogen (secondary N) is 1. The highest BCUT2D eigenvalue weighted by Gasteiger charge is 2.14. The van der Waals surface area contributed by atoms with Crippen molar-refractivity contribution in [3.63, 3.8) is 0 Å². The van der Waals surface area contributed by atoms with Crippen molar-refractivity contribution in [1.29, 1.82) is 0 Å². The molecule has 0 aliphatic rings. The first-order valence-electron chi connectivity index (χ1n) is 7.27. The Labute approximate surface area is 144 Å². The molecule has 5 nitrogen and oxygen atoms in total. The second kappa shape index (κ2) is 6.06. The van der Waals surface area contributed by atoms with Crippen molar-refractivity contribution in [1.82, 2.24) is 14.6 Å². The molecule has 2 aromatic carbocycles. The van der Waals surface area contributed by atoms with E-state index in [1.807, 2.05) is 5.38 Å². The van der Waals surface area contributed by atoms with Gasteiger partial charge in [-0.3, -0.25) is 10.1 Å². The normalized spacial score (nSPS) is 11.0. The molecule has 1 amide bonds. The summed E-state index contributed by atoms with van der Waals surface area (Å²) in [6.45, 7) is 0. The number of nitrogens with zero attached hydrogens (tertiary/aromatic N) is 3. The monoisotopic (exact) mass is 356 g/mol. The van der Waals surface area contributed by atoms with Gasteiger partial charge in [0.25, 0.3) is 11.9 Å². The molecule has 2 aromatic heterocycles. The van der Waals surface area contributed by atoms with Gasteiger partial charge in [-0.2, -0.15) is 4.98 Å². The average molecular weight is 356 g/mol. The molecule has 0 fully saturated rings. The number of amides is 1. The largest absolute Gasteiger partial charge is 0.289 e. The van der Waals surface area contributed by atoms with Gasteiger partial charge in [-0.25, -0.2) is 13.3 Å². The van der Waals surface area contributed by atoms with E-state index in [0.717, 1.165) is 17.3 Å². The van der Waals surface area contributed by atoms with Crippen molar-refractivity contribution >= 4 is 28.2 Å². The van der Waals surface area contributed by atoms with Crippen LogP contribution >= 0.6 is 11.3 Å². The van der Waals surface area contributed by atoms with E-state index in [9.17, 15) is 13.6 Å². The highest BCUT2D eigenvalue weighted by molar-refractivity contribution is 7.15. The number of halogens is 2. The fourth-order valence-electron chi connectivity index (χ4n) is 2.36. The van der Waals surface area contributed by atoms with Crippen LogP contribution in [0.5, 0.6) is 0 Å². The SMILES string of the molecule is O=C(Nc1nc2scc(-c3ccc(F)cc3)n2n1)c1cccc(F)c1. The first-order chi connectivity index (χ1) is 12.1. The summed E-state index contributed by atoms with van der Waals surface area (Å²) in [7, 11) is 0. The van der Waals surface area contributed by atoms with E-state index in [-0.39, 0.29) is 17.3 Å². The smallest absolute Gasteiger partial charge is 0.258 e. The fourth-order valence-corrected chi connectivity index (χ4v) is 3.19. The Morgan fingerprint density at radius 3 is 2.64 bits per heavy atom. The van der Waals surface area contributed by atoms with Gasteiger partial charge in [0.1, 0.15) is 11.6 Å². The van der Waals surface area contributed by atoms with E-state index < -0.39 is 11.7 Å². The van der Waals surface area contributed by atoms with Gasteiger partial charge in [-0.15, -0.1) is 16.4 Å². The Morgan fingerprint density at radius 1 is 1.08 bits per heavy atom. The molecular formula is C17H10F2N4OS. The van der Waals surface area contributed by atoms with Gasteiger partial charge in [-0.1, -0.05) is 6.07 Å². The van der Waals surface area contributed by atoms with E-state index in [1.165, 1.54) is 41.7 Å². The predicted octanol–water partition coefficient (Wildman–Crippen LogP) is 3.99. The van der Waals surface area contributed by atoms with Crippen LogP contribution in [0.25, 0.3) is 16.2 Å². The van der Waals surface area contributed by atoms with Crippen LogP contribution in [0, 0.1) is 11.6 Å². The first kappa shape index (κ1) is 15.4. The van der Waals surface area contributed by atoms with Crippen LogP contribution in [-0.4, -0.2) is 20.5 Å². The zero-order valence-corrected chi connectivity index (χ0v) is 13.4. The van der Waals surface area contributed by atoms with E-state index in [2.05, 4.69) is 15.4 Å². The second-order valence-electron chi connectivity index (χ2n) is 5.22. The standard InChI is InChI=1S/C17H10F2N4OS/c18-12-6-4-10(5-7-12)14-9-25-17-21-16(22-23(14)17)20-15(24)11-2-1-3-13(19)8-11/h1-9H,(H,20,22,24). The summed E-state index contributed by atoms with van der Waals surface area (Å²) in [4.78, 5) is 17.0. The van der Waals surface area contributed by atoms with Crippen molar-refractivity contribution in [2.45, 2.75) is 0 Å². The number of benzene rings is 2. The zero-order chi connectivity index (χ0) is 17.4. The van der Waals surface area contributed by atoms with Crippen LogP contribution in [0.3, 0.4) is 0 Å². The lowest BCUT2D eigenvalue weighted by Gasteiger charge is -2.01. The van der Waals surface area contributed by atoms with Gasteiger partial charge < -0.3 is 0 Å². The predicted molar refractivity (Wildman–Crippen MR) is 90.6 cm³/mol. The van der Waals surface area contributed by atoms with Crippen molar-refractivity contribution in [3.8, 4) is 11.3 Å². The maximum atomic E-state index is 13.2. The van der Waals surface area contributed by atoms with Crippen LogP contribution in [0.15, 0.2) is 53.9 Å². The van der Waals surface area contributed by atoms with Crippen LogP contribution in [-0.2, 0) is 0 Å². The summed E-state index contributed by atoms with van der Waals surface area (Å²) in [5.74, 6) is -1.20. The molecule has 0 aliphatic carbocycles.